The number of carbonyl (C=O) groups is 2. The fourth-order valence-electron chi connectivity index (χ4n) is 2.02. The molecule has 2 N–H and O–H groups in total. The molecule has 0 aliphatic rings. The van der Waals surface area contributed by atoms with Gasteiger partial charge in [-0.2, -0.15) is 0 Å². The molecule has 0 saturated carbocycles. The Kier molecular flexibility index (Phi) is 5.10. The van der Waals surface area contributed by atoms with E-state index < -0.39 is 17.8 Å². The zero-order valence-corrected chi connectivity index (χ0v) is 11.8. The number of carbonyl (C=O) groups excluding carboxylic acids is 1. The summed E-state index contributed by atoms with van der Waals surface area (Å²) in [6.07, 6.45) is 0. The van der Waals surface area contributed by atoms with Crippen LogP contribution in [0.15, 0.2) is 24.3 Å². The maximum atomic E-state index is 12.1. The van der Waals surface area contributed by atoms with Crippen LogP contribution in [0.25, 0.3) is 0 Å². The second-order valence-corrected chi connectivity index (χ2v) is 5.29. The Morgan fingerprint density at radius 2 is 1.68 bits per heavy atom. The van der Waals surface area contributed by atoms with Crippen molar-refractivity contribution in [2.45, 2.75) is 33.6 Å². The summed E-state index contributed by atoms with van der Waals surface area (Å²) in [4.78, 5) is 23.2. The van der Waals surface area contributed by atoms with Gasteiger partial charge in [0.1, 0.15) is 5.92 Å². The lowest BCUT2D eigenvalue weighted by atomic mass is 9.94. The van der Waals surface area contributed by atoms with Gasteiger partial charge in [-0.25, -0.2) is 0 Å². The molecule has 4 heteroatoms. The molecule has 19 heavy (non-hydrogen) atoms. The molecule has 1 atom stereocenters. The molecule has 0 heterocycles. The summed E-state index contributed by atoms with van der Waals surface area (Å²) in [5.74, 6) is -2.56. The normalized spacial score (nSPS) is 12.5. The van der Waals surface area contributed by atoms with Gasteiger partial charge in [0.2, 0.25) is 5.91 Å². The smallest absolute Gasteiger partial charge is 0.316 e. The number of carboxylic acids is 1. The van der Waals surface area contributed by atoms with Crippen LogP contribution in [0.4, 0.5) is 5.69 Å². The Bertz CT molecular complexity index is 466. The maximum Gasteiger partial charge on any atom is 0.316 e. The molecule has 0 aromatic heterocycles. The molecule has 0 bridgehead atoms. The van der Waals surface area contributed by atoms with Crippen molar-refractivity contribution in [3.8, 4) is 0 Å². The van der Waals surface area contributed by atoms with E-state index in [9.17, 15) is 9.59 Å². The van der Waals surface area contributed by atoms with Crippen molar-refractivity contribution >= 4 is 17.6 Å². The molecule has 1 rings (SSSR count). The lowest BCUT2D eigenvalue weighted by Crippen LogP contribution is -2.33. The van der Waals surface area contributed by atoms with E-state index in [-0.39, 0.29) is 11.8 Å². The zero-order valence-electron chi connectivity index (χ0n) is 11.8. The molecule has 0 spiro atoms. The van der Waals surface area contributed by atoms with Crippen LogP contribution < -0.4 is 5.32 Å². The average molecular weight is 263 g/mol. The Morgan fingerprint density at radius 1 is 1.11 bits per heavy atom. The quantitative estimate of drug-likeness (QED) is 0.802. The number of anilines is 1. The van der Waals surface area contributed by atoms with Gasteiger partial charge in [0.25, 0.3) is 0 Å². The van der Waals surface area contributed by atoms with E-state index >= 15 is 0 Å². The third kappa shape index (κ3) is 3.81. The fourth-order valence-corrected chi connectivity index (χ4v) is 2.02. The fraction of sp³-hybridized carbons (Fsp3) is 0.467. The zero-order chi connectivity index (χ0) is 14.6. The number of hydrogen-bond acceptors (Lipinski definition) is 2. The third-order valence-corrected chi connectivity index (χ3v) is 3.06. The predicted molar refractivity (Wildman–Crippen MR) is 75.1 cm³/mol. The van der Waals surface area contributed by atoms with Gasteiger partial charge in [-0.05, 0) is 23.5 Å². The lowest BCUT2D eigenvalue weighted by Gasteiger charge is -2.18. The first kappa shape index (κ1) is 15.2. The summed E-state index contributed by atoms with van der Waals surface area (Å²) in [6, 6.07) is 7.46. The van der Waals surface area contributed by atoms with Crippen molar-refractivity contribution in [2.24, 2.45) is 11.8 Å². The van der Waals surface area contributed by atoms with Crippen molar-refractivity contribution in [1.29, 1.82) is 0 Å². The minimum Gasteiger partial charge on any atom is -0.481 e. The summed E-state index contributed by atoms with van der Waals surface area (Å²) in [7, 11) is 0. The van der Waals surface area contributed by atoms with E-state index in [1.54, 1.807) is 19.9 Å². The summed E-state index contributed by atoms with van der Waals surface area (Å²) in [5.41, 5.74) is 1.69. The second-order valence-electron chi connectivity index (χ2n) is 5.29. The largest absolute Gasteiger partial charge is 0.481 e. The van der Waals surface area contributed by atoms with Crippen LogP contribution in [-0.2, 0) is 9.59 Å². The standard InChI is InChI=1S/C15H21NO3/c1-9(2)11-7-5-6-8-12(11)16-14(17)13(10(3)4)15(18)19/h5-10,13H,1-4H3,(H,16,17)(H,18,19). The van der Waals surface area contributed by atoms with E-state index in [1.807, 2.05) is 32.0 Å². The Labute approximate surface area is 113 Å². The van der Waals surface area contributed by atoms with Crippen LogP contribution in [0.5, 0.6) is 0 Å². The van der Waals surface area contributed by atoms with Gasteiger partial charge in [-0.1, -0.05) is 45.9 Å². The van der Waals surface area contributed by atoms with Crippen molar-refractivity contribution in [2.75, 3.05) is 5.32 Å². The topological polar surface area (TPSA) is 66.4 Å². The number of aliphatic carboxylic acids is 1. The molecular formula is C15H21NO3. The lowest BCUT2D eigenvalue weighted by molar-refractivity contribution is -0.147. The van der Waals surface area contributed by atoms with Crippen LogP contribution >= 0.6 is 0 Å². The monoisotopic (exact) mass is 263 g/mol. The van der Waals surface area contributed by atoms with E-state index in [2.05, 4.69) is 5.32 Å². The second kappa shape index (κ2) is 6.36. The first-order chi connectivity index (χ1) is 8.84. The highest BCUT2D eigenvalue weighted by Gasteiger charge is 2.29. The number of rotatable bonds is 5. The molecule has 4 nitrogen and oxygen atoms in total. The first-order valence-electron chi connectivity index (χ1n) is 6.47. The van der Waals surface area contributed by atoms with Crippen LogP contribution in [0.3, 0.4) is 0 Å². The Hall–Kier alpha value is -1.84. The predicted octanol–water partition coefficient (Wildman–Crippen LogP) is 3.11. The van der Waals surface area contributed by atoms with Gasteiger partial charge in [-0.3, -0.25) is 9.59 Å². The van der Waals surface area contributed by atoms with Gasteiger partial charge in [0.05, 0.1) is 0 Å². The van der Waals surface area contributed by atoms with Gasteiger partial charge >= 0.3 is 5.97 Å². The molecule has 1 unspecified atom stereocenters. The molecule has 0 fully saturated rings. The van der Waals surface area contributed by atoms with E-state index in [0.29, 0.717) is 5.69 Å². The number of benzene rings is 1. The van der Waals surface area contributed by atoms with Crippen molar-refractivity contribution in [3.05, 3.63) is 29.8 Å². The summed E-state index contributed by atoms with van der Waals surface area (Å²) in [6.45, 7) is 7.52. The first-order valence-corrected chi connectivity index (χ1v) is 6.47. The van der Waals surface area contributed by atoms with Gasteiger partial charge in [-0.15, -0.1) is 0 Å². The highest BCUT2D eigenvalue weighted by atomic mass is 16.4. The molecular weight excluding hydrogens is 242 g/mol. The van der Waals surface area contributed by atoms with Crippen molar-refractivity contribution in [1.82, 2.24) is 0 Å². The Balaban J connectivity index is 2.96. The molecule has 1 aromatic rings. The summed E-state index contributed by atoms with van der Waals surface area (Å²) >= 11 is 0. The highest BCUT2D eigenvalue weighted by molar-refractivity contribution is 6.04. The van der Waals surface area contributed by atoms with Crippen LogP contribution in [0.1, 0.15) is 39.2 Å². The van der Waals surface area contributed by atoms with E-state index in [1.165, 1.54) is 0 Å². The van der Waals surface area contributed by atoms with Crippen molar-refractivity contribution in [3.63, 3.8) is 0 Å². The minimum atomic E-state index is -1.09. The molecule has 0 saturated heterocycles. The molecule has 0 aliphatic carbocycles. The number of nitrogens with one attached hydrogen (secondary N) is 1. The molecule has 1 aromatic carbocycles. The minimum absolute atomic E-state index is 0.247. The maximum absolute atomic E-state index is 12.1. The van der Waals surface area contributed by atoms with Gasteiger partial charge < -0.3 is 10.4 Å². The Morgan fingerprint density at radius 3 is 2.16 bits per heavy atom. The third-order valence-electron chi connectivity index (χ3n) is 3.06. The van der Waals surface area contributed by atoms with Gasteiger partial charge in [0.15, 0.2) is 0 Å². The summed E-state index contributed by atoms with van der Waals surface area (Å²) in [5, 5.41) is 11.8. The number of hydrogen-bond donors (Lipinski definition) is 2. The number of carboxylic acid groups (broad SMARTS) is 1. The number of para-hydroxylation sites is 1. The molecule has 0 radical (unpaired) electrons. The van der Waals surface area contributed by atoms with Crippen molar-refractivity contribution < 1.29 is 14.7 Å². The average Bonchev–Trinajstić information content (AvgIpc) is 2.27. The number of amides is 1. The molecule has 1 amide bonds. The molecule has 0 aliphatic heterocycles. The SMILES string of the molecule is CC(C)c1ccccc1NC(=O)C(C(=O)O)C(C)C. The van der Waals surface area contributed by atoms with E-state index in [0.717, 1.165) is 5.56 Å². The molecule has 104 valence electrons. The van der Waals surface area contributed by atoms with E-state index in [4.69, 9.17) is 5.11 Å². The van der Waals surface area contributed by atoms with Crippen LogP contribution in [0.2, 0.25) is 0 Å². The van der Waals surface area contributed by atoms with Crippen LogP contribution in [0, 0.1) is 11.8 Å². The van der Waals surface area contributed by atoms with Gasteiger partial charge in [0, 0.05) is 5.69 Å². The van der Waals surface area contributed by atoms with Crippen LogP contribution in [-0.4, -0.2) is 17.0 Å². The summed E-state index contributed by atoms with van der Waals surface area (Å²) < 4.78 is 0. The highest BCUT2D eigenvalue weighted by Crippen LogP contribution is 2.25.